The van der Waals surface area contributed by atoms with E-state index in [0.29, 0.717) is 13.2 Å². The summed E-state index contributed by atoms with van der Waals surface area (Å²) in [7, 11) is 0. The second kappa shape index (κ2) is 2.60. The molecule has 1 aromatic heterocycles. The minimum absolute atomic E-state index is 0.0750. The van der Waals surface area contributed by atoms with Gasteiger partial charge in [-0.3, -0.25) is 0 Å². The molecule has 0 aliphatic carbocycles. The molecule has 0 bridgehead atoms. The van der Waals surface area contributed by atoms with E-state index >= 15 is 0 Å². The Labute approximate surface area is 64.2 Å². The van der Waals surface area contributed by atoms with E-state index in [1.165, 1.54) is 0 Å². The average molecular weight is 154 g/mol. The second-order valence-corrected chi connectivity index (χ2v) is 2.68. The summed E-state index contributed by atoms with van der Waals surface area (Å²) in [5, 5.41) is 7.41. The number of rotatable bonds is 1. The number of aromatic nitrogens is 3. The second-order valence-electron chi connectivity index (χ2n) is 2.68. The maximum Gasteiger partial charge on any atom is 0.119 e. The van der Waals surface area contributed by atoms with Gasteiger partial charge >= 0.3 is 0 Å². The Morgan fingerprint density at radius 2 is 2.09 bits per heavy atom. The number of hydrogen-bond acceptors (Lipinski definition) is 4. The Balaban J connectivity index is 2.16. The Kier molecular flexibility index (Phi) is 1.59. The fraction of sp³-hybridized carbons (Fsp3) is 0.667. The molecule has 0 amide bonds. The first-order chi connectivity index (χ1) is 5.38. The predicted molar refractivity (Wildman–Crippen MR) is 37.9 cm³/mol. The molecule has 1 aromatic rings. The molecule has 1 aliphatic heterocycles. The van der Waals surface area contributed by atoms with Crippen molar-refractivity contribution < 1.29 is 4.74 Å². The van der Waals surface area contributed by atoms with Gasteiger partial charge in [-0.05, 0) is 0 Å². The first kappa shape index (κ1) is 6.75. The van der Waals surface area contributed by atoms with Gasteiger partial charge in [0.2, 0.25) is 0 Å². The van der Waals surface area contributed by atoms with Gasteiger partial charge < -0.3 is 15.0 Å². The molecule has 5 nitrogen and oxygen atoms in total. The SMILES string of the molecule is N[C@H]1COC[C@H]1n1cnnc1. The molecule has 2 rings (SSSR count). The van der Waals surface area contributed by atoms with E-state index in [-0.39, 0.29) is 12.1 Å². The van der Waals surface area contributed by atoms with Crippen molar-refractivity contribution in [1.82, 2.24) is 14.8 Å². The van der Waals surface area contributed by atoms with Crippen LogP contribution in [0, 0.1) is 0 Å². The molecule has 1 fully saturated rings. The molecule has 11 heavy (non-hydrogen) atoms. The minimum Gasteiger partial charge on any atom is -0.378 e. The van der Waals surface area contributed by atoms with Gasteiger partial charge in [0.1, 0.15) is 12.7 Å². The summed E-state index contributed by atoms with van der Waals surface area (Å²) in [6.07, 6.45) is 3.33. The Hall–Kier alpha value is -0.940. The third-order valence-corrected chi connectivity index (χ3v) is 1.91. The normalized spacial score (nSPS) is 31.0. The van der Waals surface area contributed by atoms with E-state index in [1.807, 2.05) is 4.57 Å². The molecule has 1 saturated heterocycles. The fourth-order valence-corrected chi connectivity index (χ4v) is 1.25. The van der Waals surface area contributed by atoms with E-state index < -0.39 is 0 Å². The number of nitrogens with zero attached hydrogens (tertiary/aromatic N) is 3. The molecule has 2 atom stereocenters. The maximum absolute atomic E-state index is 5.77. The van der Waals surface area contributed by atoms with Gasteiger partial charge in [0, 0.05) is 0 Å². The summed E-state index contributed by atoms with van der Waals surface area (Å²) in [4.78, 5) is 0. The lowest BCUT2D eigenvalue weighted by Gasteiger charge is -2.12. The van der Waals surface area contributed by atoms with Crippen LogP contribution in [0.3, 0.4) is 0 Å². The molecular weight excluding hydrogens is 144 g/mol. The highest BCUT2D eigenvalue weighted by atomic mass is 16.5. The Bertz CT molecular complexity index is 222. The lowest BCUT2D eigenvalue weighted by molar-refractivity contribution is 0.185. The fourth-order valence-electron chi connectivity index (χ4n) is 1.25. The quantitative estimate of drug-likeness (QED) is 0.573. The van der Waals surface area contributed by atoms with Crippen molar-refractivity contribution in [3.8, 4) is 0 Å². The van der Waals surface area contributed by atoms with Crippen LogP contribution in [0.1, 0.15) is 6.04 Å². The Morgan fingerprint density at radius 1 is 1.36 bits per heavy atom. The summed E-state index contributed by atoms with van der Waals surface area (Å²) in [5.74, 6) is 0. The zero-order valence-electron chi connectivity index (χ0n) is 6.05. The van der Waals surface area contributed by atoms with Crippen molar-refractivity contribution in [3.05, 3.63) is 12.7 Å². The predicted octanol–water partition coefficient (Wildman–Crippen LogP) is -0.823. The number of ether oxygens (including phenoxy) is 1. The summed E-state index contributed by atoms with van der Waals surface area (Å²) in [6, 6.07) is 0.288. The van der Waals surface area contributed by atoms with E-state index in [2.05, 4.69) is 10.2 Å². The van der Waals surface area contributed by atoms with Gasteiger partial charge in [-0.15, -0.1) is 10.2 Å². The van der Waals surface area contributed by atoms with Crippen LogP contribution < -0.4 is 5.73 Å². The first-order valence-electron chi connectivity index (χ1n) is 3.55. The zero-order valence-corrected chi connectivity index (χ0v) is 6.05. The molecule has 1 aliphatic rings. The van der Waals surface area contributed by atoms with E-state index in [4.69, 9.17) is 10.5 Å². The molecule has 0 radical (unpaired) electrons. The zero-order chi connectivity index (χ0) is 7.68. The Morgan fingerprint density at radius 3 is 2.64 bits per heavy atom. The molecule has 0 saturated carbocycles. The van der Waals surface area contributed by atoms with Crippen LogP contribution in [-0.2, 0) is 4.74 Å². The van der Waals surface area contributed by atoms with E-state index in [9.17, 15) is 0 Å². The van der Waals surface area contributed by atoms with Crippen LogP contribution in [0.25, 0.3) is 0 Å². The van der Waals surface area contributed by atoms with Crippen molar-refractivity contribution in [1.29, 1.82) is 0 Å². The lowest BCUT2D eigenvalue weighted by Crippen LogP contribution is -2.30. The molecule has 5 heteroatoms. The lowest BCUT2D eigenvalue weighted by atomic mass is 10.2. The van der Waals surface area contributed by atoms with Crippen LogP contribution in [0.4, 0.5) is 0 Å². The van der Waals surface area contributed by atoms with Crippen molar-refractivity contribution in [2.75, 3.05) is 13.2 Å². The van der Waals surface area contributed by atoms with Gasteiger partial charge in [-0.25, -0.2) is 0 Å². The highest BCUT2D eigenvalue weighted by Gasteiger charge is 2.25. The molecule has 0 aromatic carbocycles. The monoisotopic (exact) mass is 154 g/mol. The third kappa shape index (κ3) is 1.12. The summed E-state index contributed by atoms with van der Waals surface area (Å²) in [5.41, 5.74) is 5.77. The summed E-state index contributed by atoms with van der Waals surface area (Å²) >= 11 is 0. The number of hydrogen-bond donors (Lipinski definition) is 1. The smallest absolute Gasteiger partial charge is 0.119 e. The highest BCUT2D eigenvalue weighted by molar-refractivity contribution is 4.85. The topological polar surface area (TPSA) is 66.0 Å². The van der Waals surface area contributed by atoms with Crippen molar-refractivity contribution in [3.63, 3.8) is 0 Å². The largest absolute Gasteiger partial charge is 0.378 e. The van der Waals surface area contributed by atoms with E-state index in [1.54, 1.807) is 12.7 Å². The highest BCUT2D eigenvalue weighted by Crippen LogP contribution is 2.16. The molecule has 60 valence electrons. The van der Waals surface area contributed by atoms with Crippen molar-refractivity contribution >= 4 is 0 Å². The molecule has 0 spiro atoms. The van der Waals surface area contributed by atoms with Gasteiger partial charge in [0.15, 0.2) is 0 Å². The first-order valence-corrected chi connectivity index (χ1v) is 3.55. The molecule has 2 N–H and O–H groups in total. The molecule has 0 unspecified atom stereocenters. The van der Waals surface area contributed by atoms with Gasteiger partial charge in [0.05, 0.1) is 25.3 Å². The van der Waals surface area contributed by atoms with Crippen LogP contribution >= 0.6 is 0 Å². The molecule has 2 heterocycles. The summed E-state index contributed by atoms with van der Waals surface area (Å²) < 4.78 is 7.08. The molecular formula is C6H10N4O. The van der Waals surface area contributed by atoms with Crippen LogP contribution in [-0.4, -0.2) is 34.0 Å². The van der Waals surface area contributed by atoms with Gasteiger partial charge in [-0.2, -0.15) is 0 Å². The van der Waals surface area contributed by atoms with Gasteiger partial charge in [0.25, 0.3) is 0 Å². The maximum atomic E-state index is 5.77. The van der Waals surface area contributed by atoms with Crippen LogP contribution in [0.2, 0.25) is 0 Å². The van der Waals surface area contributed by atoms with Crippen molar-refractivity contribution in [2.45, 2.75) is 12.1 Å². The minimum atomic E-state index is 0.0750. The average Bonchev–Trinajstić information content (AvgIpc) is 2.55. The standard InChI is InChI=1S/C6H10N4O/c7-5-1-11-2-6(5)10-3-8-9-4-10/h3-6H,1-2,7H2/t5-,6+/m0/s1. The third-order valence-electron chi connectivity index (χ3n) is 1.91. The van der Waals surface area contributed by atoms with Crippen LogP contribution in [0.15, 0.2) is 12.7 Å². The van der Waals surface area contributed by atoms with Gasteiger partial charge in [-0.1, -0.05) is 0 Å². The van der Waals surface area contributed by atoms with Crippen molar-refractivity contribution in [2.24, 2.45) is 5.73 Å². The van der Waals surface area contributed by atoms with E-state index in [0.717, 1.165) is 0 Å². The number of nitrogens with two attached hydrogens (primary N) is 1. The van der Waals surface area contributed by atoms with Crippen LogP contribution in [0.5, 0.6) is 0 Å². The summed E-state index contributed by atoms with van der Waals surface area (Å²) in [6.45, 7) is 1.29.